The van der Waals surface area contributed by atoms with Gasteiger partial charge in [0.2, 0.25) is 11.1 Å². The van der Waals surface area contributed by atoms with Crippen LogP contribution in [-0.2, 0) is 16.8 Å². The van der Waals surface area contributed by atoms with Gasteiger partial charge in [0.05, 0.1) is 7.11 Å². The summed E-state index contributed by atoms with van der Waals surface area (Å²) in [7, 11) is -3.11. The third kappa shape index (κ3) is 7.43. The van der Waals surface area contributed by atoms with Crippen molar-refractivity contribution in [1.82, 2.24) is 0 Å². The normalized spacial score (nSPS) is 10.2. The largest absolute Gasteiger partial charge is 0.716 e. The number of aryl methyl sites for hydroxylation is 1. The number of anilines is 2. The molecule has 0 aromatic heterocycles. The quantitative estimate of drug-likeness (QED) is 0.334. The SMILES string of the molecule is CCc1ccc(OS(=O)(=O)[O-])cc1.COc1cc(Nc2ccccc2)ccc1[N+]#N. The summed E-state index contributed by atoms with van der Waals surface area (Å²) in [5, 5.41) is 12.0. The molecule has 0 aliphatic rings. The van der Waals surface area contributed by atoms with Crippen molar-refractivity contribution in [2.24, 2.45) is 0 Å². The Labute approximate surface area is 175 Å². The molecule has 0 amide bonds. The number of para-hydroxylation sites is 1. The van der Waals surface area contributed by atoms with E-state index in [1.165, 1.54) is 19.2 Å². The minimum Gasteiger partial charge on any atom is -0.716 e. The number of ether oxygens (including phenoxy) is 1. The van der Waals surface area contributed by atoms with E-state index in [0.29, 0.717) is 11.4 Å². The highest BCUT2D eigenvalue weighted by molar-refractivity contribution is 7.81. The summed E-state index contributed by atoms with van der Waals surface area (Å²) in [6.45, 7) is 1.97. The number of hydrogen-bond donors (Lipinski definition) is 1. The molecule has 0 aliphatic heterocycles. The van der Waals surface area contributed by atoms with Crippen LogP contribution in [0.2, 0.25) is 0 Å². The van der Waals surface area contributed by atoms with Gasteiger partial charge in [-0.15, -0.1) is 0 Å². The lowest BCUT2D eigenvalue weighted by molar-refractivity contribution is 0.372. The minimum atomic E-state index is -4.65. The van der Waals surface area contributed by atoms with Gasteiger partial charge in [0.25, 0.3) is 10.4 Å². The Morgan fingerprint density at radius 3 is 2.20 bits per heavy atom. The van der Waals surface area contributed by atoms with Crippen molar-refractivity contribution in [2.75, 3.05) is 12.4 Å². The number of hydrogen-bond acceptors (Lipinski definition) is 7. The fourth-order valence-electron chi connectivity index (χ4n) is 2.42. The summed E-state index contributed by atoms with van der Waals surface area (Å²) in [6, 6.07) is 21.4. The monoisotopic (exact) mass is 427 g/mol. The molecule has 0 heterocycles. The standard InChI is InChI=1S/C13H12N3O.C8H10O4S/c1-17-13-9-11(7-8-12(13)16-14)15-10-5-3-2-4-6-10;1-2-7-3-5-8(6-4-7)12-13(9,10)11/h2-9,15H,1H3;3-6H,2H2,1H3,(H,9,10,11)/q+1;/p-1. The Hall–Kier alpha value is -3.61. The average molecular weight is 427 g/mol. The van der Waals surface area contributed by atoms with Crippen molar-refractivity contribution >= 4 is 27.5 Å². The van der Waals surface area contributed by atoms with Crippen molar-refractivity contribution in [3.8, 4) is 11.5 Å². The molecule has 0 aliphatic carbocycles. The van der Waals surface area contributed by atoms with E-state index in [4.69, 9.17) is 10.1 Å². The van der Waals surface area contributed by atoms with Crippen LogP contribution in [0.4, 0.5) is 17.1 Å². The van der Waals surface area contributed by atoms with Gasteiger partial charge in [0.15, 0.2) is 4.98 Å². The van der Waals surface area contributed by atoms with Crippen LogP contribution in [0.25, 0.3) is 4.98 Å². The Bertz CT molecular complexity index is 1100. The van der Waals surface area contributed by atoms with Crippen molar-refractivity contribution in [1.29, 1.82) is 5.39 Å². The second-order valence-corrected chi connectivity index (χ2v) is 6.95. The summed E-state index contributed by atoms with van der Waals surface area (Å²) >= 11 is 0. The molecule has 30 heavy (non-hydrogen) atoms. The number of nitrogens with one attached hydrogen (secondary N) is 1. The highest BCUT2D eigenvalue weighted by Gasteiger charge is 2.14. The molecule has 0 radical (unpaired) electrons. The predicted octanol–water partition coefficient (Wildman–Crippen LogP) is 5.01. The van der Waals surface area contributed by atoms with E-state index in [0.717, 1.165) is 23.4 Å². The lowest BCUT2D eigenvalue weighted by Gasteiger charge is -2.08. The van der Waals surface area contributed by atoms with E-state index >= 15 is 0 Å². The summed E-state index contributed by atoms with van der Waals surface area (Å²) in [6.07, 6.45) is 0.852. The summed E-state index contributed by atoms with van der Waals surface area (Å²) in [5.41, 5.74) is 3.32. The molecule has 0 bridgehead atoms. The van der Waals surface area contributed by atoms with Crippen LogP contribution in [0.15, 0.2) is 72.8 Å². The molecule has 0 spiro atoms. The molecular weight excluding hydrogens is 406 g/mol. The summed E-state index contributed by atoms with van der Waals surface area (Å²) < 4.78 is 39.8. The highest BCUT2D eigenvalue weighted by atomic mass is 32.3. The second-order valence-electron chi connectivity index (χ2n) is 5.97. The van der Waals surface area contributed by atoms with Gasteiger partial charge in [-0.25, -0.2) is 8.42 Å². The Morgan fingerprint density at radius 2 is 1.67 bits per heavy atom. The van der Waals surface area contributed by atoms with Gasteiger partial charge < -0.3 is 18.8 Å². The van der Waals surface area contributed by atoms with Crippen molar-refractivity contribution in [3.63, 3.8) is 0 Å². The van der Waals surface area contributed by atoms with Gasteiger partial charge in [-0.1, -0.05) is 37.3 Å². The molecule has 0 fully saturated rings. The first kappa shape index (κ1) is 22.7. The zero-order chi connectivity index (χ0) is 22.0. The van der Waals surface area contributed by atoms with Crippen molar-refractivity contribution < 1.29 is 21.9 Å². The number of rotatable bonds is 6. The molecule has 8 nitrogen and oxygen atoms in total. The molecule has 3 rings (SSSR count). The van der Waals surface area contributed by atoms with E-state index in [-0.39, 0.29) is 5.75 Å². The third-order valence-corrected chi connectivity index (χ3v) is 4.28. The lowest BCUT2D eigenvalue weighted by Crippen LogP contribution is -2.06. The van der Waals surface area contributed by atoms with Gasteiger partial charge in [0, 0.05) is 23.5 Å². The number of nitrogens with zero attached hydrogens (tertiary/aromatic N) is 2. The highest BCUT2D eigenvalue weighted by Crippen LogP contribution is 2.31. The van der Waals surface area contributed by atoms with Crippen LogP contribution in [0.5, 0.6) is 11.5 Å². The van der Waals surface area contributed by atoms with Crippen LogP contribution in [0.1, 0.15) is 12.5 Å². The van der Waals surface area contributed by atoms with E-state index < -0.39 is 10.4 Å². The van der Waals surface area contributed by atoms with Crippen LogP contribution >= 0.6 is 0 Å². The first-order chi connectivity index (χ1) is 14.3. The number of diazo groups is 1. The maximum absolute atomic E-state index is 10.2. The minimum absolute atomic E-state index is 0.0483. The predicted molar refractivity (Wildman–Crippen MR) is 114 cm³/mol. The molecule has 156 valence electrons. The molecule has 0 unspecified atom stereocenters. The molecule has 1 N–H and O–H groups in total. The second kappa shape index (κ2) is 10.8. The average Bonchev–Trinajstić information content (AvgIpc) is 2.74. The molecule has 0 saturated heterocycles. The molecule has 0 atom stereocenters. The van der Waals surface area contributed by atoms with Gasteiger partial charge in [-0.3, -0.25) is 0 Å². The van der Waals surface area contributed by atoms with E-state index in [1.807, 2.05) is 43.3 Å². The Balaban J connectivity index is 0.000000222. The molecular formula is C21H21N3O5S. The molecule has 3 aromatic carbocycles. The van der Waals surface area contributed by atoms with Gasteiger partial charge in [0.1, 0.15) is 5.75 Å². The first-order valence-corrected chi connectivity index (χ1v) is 10.3. The number of methoxy groups -OCH3 is 1. The topological polar surface area (TPSA) is 116 Å². The molecule has 9 heteroatoms. The lowest BCUT2D eigenvalue weighted by atomic mass is 10.2. The Kier molecular flexibility index (Phi) is 8.17. The van der Waals surface area contributed by atoms with E-state index in [1.54, 1.807) is 24.3 Å². The first-order valence-electron chi connectivity index (χ1n) is 8.94. The van der Waals surface area contributed by atoms with Crippen molar-refractivity contribution in [3.05, 3.63) is 83.3 Å². The van der Waals surface area contributed by atoms with Crippen LogP contribution in [-0.4, -0.2) is 20.1 Å². The van der Waals surface area contributed by atoms with E-state index in [9.17, 15) is 13.0 Å². The number of benzene rings is 3. The maximum Gasteiger partial charge on any atom is 0.426 e. The Morgan fingerprint density at radius 1 is 1.00 bits per heavy atom. The fraction of sp³-hybridized carbons (Fsp3) is 0.143. The zero-order valence-corrected chi connectivity index (χ0v) is 17.3. The van der Waals surface area contributed by atoms with Crippen molar-refractivity contribution in [2.45, 2.75) is 13.3 Å². The van der Waals surface area contributed by atoms with E-state index in [2.05, 4.69) is 14.5 Å². The summed E-state index contributed by atoms with van der Waals surface area (Å²) in [4.78, 5) is 3.14. The summed E-state index contributed by atoms with van der Waals surface area (Å²) in [5.74, 6) is 0.570. The van der Waals surface area contributed by atoms with Gasteiger partial charge >= 0.3 is 5.69 Å². The maximum atomic E-state index is 10.2. The van der Waals surface area contributed by atoms with Gasteiger partial charge in [-0.2, -0.15) is 0 Å². The fourth-order valence-corrected chi connectivity index (χ4v) is 2.77. The van der Waals surface area contributed by atoms with Gasteiger partial charge in [-0.05, 0) is 42.3 Å². The molecule has 0 saturated carbocycles. The molecule has 3 aromatic rings. The smallest absolute Gasteiger partial charge is 0.426 e. The van der Waals surface area contributed by atoms with Crippen LogP contribution < -0.4 is 14.2 Å². The zero-order valence-electron chi connectivity index (χ0n) is 16.5. The third-order valence-electron chi connectivity index (χ3n) is 3.88. The van der Waals surface area contributed by atoms with Crippen LogP contribution in [0.3, 0.4) is 0 Å². The van der Waals surface area contributed by atoms with Crippen LogP contribution in [0, 0.1) is 5.39 Å².